The summed E-state index contributed by atoms with van der Waals surface area (Å²) in [6, 6.07) is 8.75. The standard InChI is InChI=1S/C11H10N2O2/c1-15-11(14)10-4-2-7-6-8(12)3-5-9(7)13-10/h2-6H,12H2,1H3. The first-order valence-corrected chi connectivity index (χ1v) is 4.45. The number of fused-ring (bicyclic) bond motifs is 1. The zero-order valence-electron chi connectivity index (χ0n) is 8.23. The molecule has 0 saturated heterocycles. The highest BCUT2D eigenvalue weighted by atomic mass is 16.5. The average Bonchev–Trinajstić information content (AvgIpc) is 2.27. The maximum absolute atomic E-state index is 11.2. The van der Waals surface area contributed by atoms with Crippen LogP contribution >= 0.6 is 0 Å². The van der Waals surface area contributed by atoms with E-state index in [-0.39, 0.29) is 0 Å². The quantitative estimate of drug-likeness (QED) is 0.563. The molecular weight excluding hydrogens is 192 g/mol. The van der Waals surface area contributed by atoms with Gasteiger partial charge in [0.1, 0.15) is 5.69 Å². The van der Waals surface area contributed by atoms with Crippen molar-refractivity contribution in [2.45, 2.75) is 0 Å². The molecule has 0 aliphatic heterocycles. The van der Waals surface area contributed by atoms with E-state index < -0.39 is 5.97 Å². The molecule has 2 aromatic rings. The number of nitrogen functional groups attached to an aromatic ring is 1. The highest BCUT2D eigenvalue weighted by Crippen LogP contribution is 2.16. The smallest absolute Gasteiger partial charge is 0.356 e. The van der Waals surface area contributed by atoms with Crippen molar-refractivity contribution in [3.8, 4) is 0 Å². The van der Waals surface area contributed by atoms with Crippen LogP contribution in [0.4, 0.5) is 5.69 Å². The minimum Gasteiger partial charge on any atom is -0.464 e. The molecule has 4 nitrogen and oxygen atoms in total. The zero-order chi connectivity index (χ0) is 10.8. The van der Waals surface area contributed by atoms with Crippen LogP contribution in [0, 0.1) is 0 Å². The Bertz CT molecular complexity index is 523. The molecule has 2 rings (SSSR count). The molecule has 0 atom stereocenters. The summed E-state index contributed by atoms with van der Waals surface area (Å²) in [7, 11) is 1.33. The predicted octanol–water partition coefficient (Wildman–Crippen LogP) is 1.60. The molecule has 1 aromatic carbocycles. The summed E-state index contributed by atoms with van der Waals surface area (Å²) in [5, 5.41) is 0.905. The molecular formula is C11H10N2O2. The zero-order valence-corrected chi connectivity index (χ0v) is 8.23. The van der Waals surface area contributed by atoms with Crippen LogP contribution in [0.1, 0.15) is 10.5 Å². The fourth-order valence-corrected chi connectivity index (χ4v) is 1.36. The summed E-state index contributed by atoms with van der Waals surface area (Å²) in [5.74, 6) is -0.436. The van der Waals surface area contributed by atoms with Gasteiger partial charge in [0.15, 0.2) is 0 Å². The van der Waals surface area contributed by atoms with Gasteiger partial charge in [0.05, 0.1) is 12.6 Å². The van der Waals surface area contributed by atoms with Crippen molar-refractivity contribution < 1.29 is 9.53 Å². The number of carbonyl (C=O) groups is 1. The number of esters is 1. The SMILES string of the molecule is COC(=O)c1ccc2cc(N)ccc2n1. The van der Waals surface area contributed by atoms with Gasteiger partial charge in [-0.2, -0.15) is 0 Å². The molecule has 0 amide bonds. The van der Waals surface area contributed by atoms with Gasteiger partial charge in [-0.3, -0.25) is 0 Å². The first-order chi connectivity index (χ1) is 7.20. The van der Waals surface area contributed by atoms with Crippen LogP contribution in [0.2, 0.25) is 0 Å². The molecule has 0 aliphatic rings. The number of aromatic nitrogens is 1. The number of hydrogen-bond donors (Lipinski definition) is 1. The highest BCUT2D eigenvalue weighted by molar-refractivity contribution is 5.91. The molecule has 0 spiro atoms. The van der Waals surface area contributed by atoms with Crippen LogP contribution in [0.25, 0.3) is 10.9 Å². The number of hydrogen-bond acceptors (Lipinski definition) is 4. The average molecular weight is 202 g/mol. The molecule has 76 valence electrons. The van der Waals surface area contributed by atoms with E-state index in [1.165, 1.54) is 7.11 Å². The number of pyridine rings is 1. The fourth-order valence-electron chi connectivity index (χ4n) is 1.36. The van der Waals surface area contributed by atoms with Crippen molar-refractivity contribution in [3.63, 3.8) is 0 Å². The van der Waals surface area contributed by atoms with Crippen molar-refractivity contribution in [1.82, 2.24) is 4.98 Å². The summed E-state index contributed by atoms with van der Waals surface area (Å²) in [4.78, 5) is 15.4. The van der Waals surface area contributed by atoms with Crippen molar-refractivity contribution in [1.29, 1.82) is 0 Å². The Morgan fingerprint density at radius 1 is 1.33 bits per heavy atom. The van der Waals surface area contributed by atoms with E-state index in [1.807, 2.05) is 6.07 Å². The lowest BCUT2D eigenvalue weighted by Gasteiger charge is -2.01. The van der Waals surface area contributed by atoms with E-state index in [1.54, 1.807) is 24.3 Å². The van der Waals surface area contributed by atoms with Crippen LogP contribution < -0.4 is 5.73 Å². The van der Waals surface area contributed by atoms with E-state index in [4.69, 9.17) is 5.73 Å². The van der Waals surface area contributed by atoms with Gasteiger partial charge >= 0.3 is 5.97 Å². The first kappa shape index (κ1) is 9.45. The third kappa shape index (κ3) is 1.74. The minimum absolute atomic E-state index is 0.301. The Balaban J connectivity index is 2.57. The molecule has 0 bridgehead atoms. The van der Waals surface area contributed by atoms with Crippen LogP contribution in [0.3, 0.4) is 0 Å². The normalized spacial score (nSPS) is 10.2. The third-order valence-corrected chi connectivity index (χ3v) is 2.11. The lowest BCUT2D eigenvalue weighted by molar-refractivity contribution is 0.0594. The fraction of sp³-hybridized carbons (Fsp3) is 0.0909. The number of methoxy groups -OCH3 is 1. The van der Waals surface area contributed by atoms with Gasteiger partial charge < -0.3 is 10.5 Å². The molecule has 0 radical (unpaired) electrons. The molecule has 2 N–H and O–H groups in total. The Morgan fingerprint density at radius 3 is 2.87 bits per heavy atom. The van der Waals surface area contributed by atoms with E-state index >= 15 is 0 Å². The van der Waals surface area contributed by atoms with Gasteiger partial charge in [0.25, 0.3) is 0 Å². The van der Waals surface area contributed by atoms with Crippen LogP contribution in [-0.4, -0.2) is 18.1 Å². The Kier molecular flexibility index (Phi) is 2.25. The second-order valence-corrected chi connectivity index (χ2v) is 3.14. The Labute approximate surface area is 86.7 Å². The molecule has 1 heterocycles. The Hall–Kier alpha value is -2.10. The summed E-state index contributed by atoms with van der Waals surface area (Å²) < 4.78 is 4.58. The van der Waals surface area contributed by atoms with E-state index in [0.717, 1.165) is 10.9 Å². The molecule has 4 heteroatoms. The minimum atomic E-state index is -0.436. The monoisotopic (exact) mass is 202 g/mol. The summed E-state index contributed by atoms with van der Waals surface area (Å²) in [5.41, 5.74) is 7.33. The molecule has 15 heavy (non-hydrogen) atoms. The van der Waals surface area contributed by atoms with E-state index in [2.05, 4.69) is 9.72 Å². The van der Waals surface area contributed by atoms with Gasteiger partial charge in [-0.25, -0.2) is 9.78 Å². The van der Waals surface area contributed by atoms with Crippen LogP contribution in [-0.2, 0) is 4.74 Å². The first-order valence-electron chi connectivity index (χ1n) is 4.45. The Morgan fingerprint density at radius 2 is 2.13 bits per heavy atom. The van der Waals surface area contributed by atoms with Crippen LogP contribution in [0.15, 0.2) is 30.3 Å². The third-order valence-electron chi connectivity index (χ3n) is 2.11. The molecule has 0 aliphatic carbocycles. The van der Waals surface area contributed by atoms with Crippen molar-refractivity contribution in [3.05, 3.63) is 36.0 Å². The topological polar surface area (TPSA) is 65.2 Å². The van der Waals surface area contributed by atoms with Gasteiger partial charge in [-0.05, 0) is 24.3 Å². The molecule has 0 saturated carbocycles. The second-order valence-electron chi connectivity index (χ2n) is 3.14. The lowest BCUT2D eigenvalue weighted by Crippen LogP contribution is -2.03. The maximum Gasteiger partial charge on any atom is 0.356 e. The number of nitrogens with zero attached hydrogens (tertiary/aromatic N) is 1. The van der Waals surface area contributed by atoms with Gasteiger partial charge in [-0.15, -0.1) is 0 Å². The number of ether oxygens (including phenoxy) is 1. The number of anilines is 1. The van der Waals surface area contributed by atoms with Crippen LogP contribution in [0.5, 0.6) is 0 Å². The largest absolute Gasteiger partial charge is 0.464 e. The lowest BCUT2D eigenvalue weighted by atomic mass is 10.2. The van der Waals surface area contributed by atoms with E-state index in [0.29, 0.717) is 11.4 Å². The van der Waals surface area contributed by atoms with Crippen molar-refractivity contribution >= 4 is 22.6 Å². The van der Waals surface area contributed by atoms with Crippen molar-refractivity contribution in [2.75, 3.05) is 12.8 Å². The predicted molar refractivity (Wildman–Crippen MR) is 57.5 cm³/mol. The van der Waals surface area contributed by atoms with Crippen molar-refractivity contribution in [2.24, 2.45) is 0 Å². The van der Waals surface area contributed by atoms with Gasteiger partial charge in [-0.1, -0.05) is 6.07 Å². The number of carbonyl (C=O) groups excluding carboxylic acids is 1. The highest BCUT2D eigenvalue weighted by Gasteiger charge is 2.07. The summed E-state index contributed by atoms with van der Waals surface area (Å²) in [6.07, 6.45) is 0. The summed E-state index contributed by atoms with van der Waals surface area (Å²) >= 11 is 0. The summed E-state index contributed by atoms with van der Waals surface area (Å²) in [6.45, 7) is 0. The second kappa shape index (κ2) is 3.57. The molecule has 1 aromatic heterocycles. The number of nitrogens with two attached hydrogens (primary N) is 1. The van der Waals surface area contributed by atoms with E-state index in [9.17, 15) is 4.79 Å². The van der Waals surface area contributed by atoms with Gasteiger partial charge in [0.2, 0.25) is 0 Å². The molecule has 0 unspecified atom stereocenters. The number of benzene rings is 1. The maximum atomic E-state index is 11.2. The number of rotatable bonds is 1. The van der Waals surface area contributed by atoms with Gasteiger partial charge in [0, 0.05) is 11.1 Å². The molecule has 0 fully saturated rings.